The van der Waals surface area contributed by atoms with E-state index in [0.29, 0.717) is 25.0 Å². The molecule has 0 amide bonds. The predicted molar refractivity (Wildman–Crippen MR) is 116 cm³/mol. The van der Waals surface area contributed by atoms with E-state index in [2.05, 4.69) is 10.3 Å². The lowest BCUT2D eigenvalue weighted by atomic mass is 10.2. The number of ether oxygens (including phenoxy) is 2. The van der Waals surface area contributed by atoms with E-state index >= 15 is 0 Å². The van der Waals surface area contributed by atoms with Gasteiger partial charge in [0, 0.05) is 11.8 Å². The number of anilines is 2. The van der Waals surface area contributed by atoms with Crippen LogP contribution in [0.15, 0.2) is 103 Å². The van der Waals surface area contributed by atoms with Gasteiger partial charge in [0.15, 0.2) is 0 Å². The number of hydrogen-bond donors (Lipinski definition) is 1. The fourth-order valence-electron chi connectivity index (χ4n) is 2.84. The Kier molecular flexibility index (Phi) is 6.03. The summed E-state index contributed by atoms with van der Waals surface area (Å²) in [6.45, 7) is 0.886. The number of aromatic nitrogens is 1. The van der Waals surface area contributed by atoms with Gasteiger partial charge in [-0.15, -0.1) is 0 Å². The monoisotopic (exact) mass is 382 g/mol. The Morgan fingerprint density at radius 3 is 1.76 bits per heavy atom. The summed E-state index contributed by atoms with van der Waals surface area (Å²) in [4.78, 5) is 4.59. The smallest absolute Gasteiger partial charge is 0.241 e. The molecule has 4 heteroatoms. The topological polar surface area (TPSA) is 43.4 Å². The molecule has 0 spiro atoms. The van der Waals surface area contributed by atoms with E-state index in [1.165, 1.54) is 0 Å². The molecule has 0 fully saturated rings. The van der Waals surface area contributed by atoms with Crippen LogP contribution >= 0.6 is 0 Å². The Hall–Kier alpha value is -3.79. The summed E-state index contributed by atoms with van der Waals surface area (Å²) >= 11 is 0. The van der Waals surface area contributed by atoms with Crippen LogP contribution in [0.3, 0.4) is 0 Å². The number of hydrogen-bond acceptors (Lipinski definition) is 4. The van der Waals surface area contributed by atoms with Crippen molar-refractivity contribution >= 4 is 11.4 Å². The summed E-state index contributed by atoms with van der Waals surface area (Å²) in [6, 6.07) is 33.8. The first-order chi connectivity index (χ1) is 14.4. The number of nitrogens with one attached hydrogen (secondary N) is 1. The molecule has 0 aliphatic heterocycles. The fourth-order valence-corrected chi connectivity index (χ4v) is 2.84. The summed E-state index contributed by atoms with van der Waals surface area (Å²) in [6.07, 6.45) is 0. The average Bonchev–Trinajstić information content (AvgIpc) is 2.79. The minimum Gasteiger partial charge on any atom is -0.473 e. The first kappa shape index (κ1) is 18.6. The van der Waals surface area contributed by atoms with Gasteiger partial charge in [0.05, 0.1) is 0 Å². The van der Waals surface area contributed by atoms with E-state index in [9.17, 15) is 0 Å². The standard InChI is InChI=1S/C25H22N2O2/c1-4-10-20(11-5-1)18-28-24-17-16-23(26-22-14-8-3-9-15-22)25(27-24)29-19-21-12-6-2-7-13-21/h1-17,26H,18-19H2. The summed E-state index contributed by atoms with van der Waals surface area (Å²) in [5.74, 6) is 1.03. The molecule has 3 aromatic carbocycles. The molecule has 144 valence electrons. The van der Waals surface area contributed by atoms with Crippen molar-refractivity contribution in [1.29, 1.82) is 0 Å². The molecule has 1 heterocycles. The molecule has 4 nitrogen and oxygen atoms in total. The fraction of sp³-hybridized carbons (Fsp3) is 0.0800. The summed E-state index contributed by atoms with van der Waals surface area (Å²) < 4.78 is 11.9. The predicted octanol–water partition coefficient (Wildman–Crippen LogP) is 5.98. The van der Waals surface area contributed by atoms with Crippen molar-refractivity contribution in [3.63, 3.8) is 0 Å². The highest BCUT2D eigenvalue weighted by Gasteiger charge is 2.10. The van der Waals surface area contributed by atoms with E-state index in [0.717, 1.165) is 22.5 Å². The Bertz CT molecular complexity index is 1020. The van der Waals surface area contributed by atoms with E-state index in [1.54, 1.807) is 0 Å². The second kappa shape index (κ2) is 9.42. The van der Waals surface area contributed by atoms with Crippen molar-refractivity contribution in [1.82, 2.24) is 4.98 Å². The van der Waals surface area contributed by atoms with Gasteiger partial charge < -0.3 is 14.8 Å². The van der Waals surface area contributed by atoms with Crippen LogP contribution < -0.4 is 14.8 Å². The number of benzene rings is 3. The van der Waals surface area contributed by atoms with E-state index in [-0.39, 0.29) is 0 Å². The van der Waals surface area contributed by atoms with Crippen LogP contribution in [0.25, 0.3) is 0 Å². The molecular formula is C25H22N2O2. The molecule has 0 unspecified atom stereocenters. The number of nitrogens with zero attached hydrogens (tertiary/aromatic N) is 1. The normalized spacial score (nSPS) is 10.3. The third kappa shape index (κ3) is 5.36. The lowest BCUT2D eigenvalue weighted by Gasteiger charge is -2.14. The number of pyridine rings is 1. The zero-order valence-electron chi connectivity index (χ0n) is 16.0. The number of rotatable bonds is 8. The largest absolute Gasteiger partial charge is 0.473 e. The van der Waals surface area contributed by atoms with Crippen molar-refractivity contribution in [3.8, 4) is 11.8 Å². The molecule has 0 radical (unpaired) electrons. The van der Waals surface area contributed by atoms with Gasteiger partial charge in [-0.25, -0.2) is 0 Å². The maximum atomic E-state index is 6.03. The van der Waals surface area contributed by atoms with Crippen LogP contribution in [0.5, 0.6) is 11.8 Å². The van der Waals surface area contributed by atoms with Crippen LogP contribution in [0.2, 0.25) is 0 Å². The van der Waals surface area contributed by atoms with E-state index in [1.807, 2.05) is 103 Å². The Labute approximate surface area is 170 Å². The highest BCUT2D eigenvalue weighted by molar-refractivity contribution is 5.64. The molecule has 1 N–H and O–H groups in total. The van der Waals surface area contributed by atoms with E-state index in [4.69, 9.17) is 9.47 Å². The van der Waals surface area contributed by atoms with Gasteiger partial charge in [0.1, 0.15) is 18.9 Å². The first-order valence-corrected chi connectivity index (χ1v) is 9.53. The zero-order chi connectivity index (χ0) is 19.7. The molecule has 4 rings (SSSR count). The second-order valence-electron chi connectivity index (χ2n) is 6.54. The highest BCUT2D eigenvalue weighted by atomic mass is 16.5. The minimum absolute atomic E-state index is 0.430. The molecule has 0 aliphatic carbocycles. The quantitative estimate of drug-likeness (QED) is 0.407. The summed E-state index contributed by atoms with van der Waals surface area (Å²) in [5, 5.41) is 3.37. The van der Waals surface area contributed by atoms with Crippen molar-refractivity contribution in [3.05, 3.63) is 114 Å². The maximum Gasteiger partial charge on any atom is 0.241 e. The van der Waals surface area contributed by atoms with Crippen LogP contribution in [-0.2, 0) is 13.2 Å². The lowest BCUT2D eigenvalue weighted by Crippen LogP contribution is -2.03. The van der Waals surface area contributed by atoms with Gasteiger partial charge in [-0.1, -0.05) is 78.9 Å². The zero-order valence-corrected chi connectivity index (χ0v) is 16.0. The minimum atomic E-state index is 0.430. The Balaban J connectivity index is 1.53. The molecule has 0 atom stereocenters. The molecule has 0 bridgehead atoms. The van der Waals surface area contributed by atoms with Crippen molar-refractivity contribution in [2.24, 2.45) is 0 Å². The summed E-state index contributed by atoms with van der Waals surface area (Å²) in [5.41, 5.74) is 3.93. The average molecular weight is 382 g/mol. The van der Waals surface area contributed by atoms with Crippen LogP contribution in [0.4, 0.5) is 11.4 Å². The van der Waals surface area contributed by atoms with Gasteiger partial charge in [0.2, 0.25) is 11.8 Å². The molecule has 0 aliphatic rings. The maximum absolute atomic E-state index is 6.03. The Morgan fingerprint density at radius 2 is 1.14 bits per heavy atom. The van der Waals surface area contributed by atoms with Crippen LogP contribution in [0, 0.1) is 0 Å². The van der Waals surface area contributed by atoms with Gasteiger partial charge in [0.25, 0.3) is 0 Å². The summed E-state index contributed by atoms with van der Waals surface area (Å²) in [7, 11) is 0. The molecule has 0 saturated carbocycles. The first-order valence-electron chi connectivity index (χ1n) is 9.53. The number of para-hydroxylation sites is 1. The molecule has 29 heavy (non-hydrogen) atoms. The Morgan fingerprint density at radius 1 is 0.586 bits per heavy atom. The van der Waals surface area contributed by atoms with Gasteiger partial charge >= 0.3 is 0 Å². The third-order valence-electron chi connectivity index (χ3n) is 4.34. The van der Waals surface area contributed by atoms with Crippen molar-refractivity contribution in [2.75, 3.05) is 5.32 Å². The molecule has 1 aromatic heterocycles. The molecular weight excluding hydrogens is 360 g/mol. The van der Waals surface area contributed by atoms with Crippen molar-refractivity contribution in [2.45, 2.75) is 13.2 Å². The van der Waals surface area contributed by atoms with Gasteiger partial charge in [-0.2, -0.15) is 4.98 Å². The van der Waals surface area contributed by atoms with Crippen LogP contribution in [0.1, 0.15) is 11.1 Å². The second-order valence-corrected chi connectivity index (χ2v) is 6.54. The van der Waals surface area contributed by atoms with Gasteiger partial charge in [-0.3, -0.25) is 0 Å². The highest BCUT2D eigenvalue weighted by Crippen LogP contribution is 2.29. The van der Waals surface area contributed by atoms with Crippen LogP contribution in [-0.4, -0.2) is 4.98 Å². The van der Waals surface area contributed by atoms with Gasteiger partial charge in [-0.05, 0) is 29.3 Å². The van der Waals surface area contributed by atoms with Crippen molar-refractivity contribution < 1.29 is 9.47 Å². The molecule has 0 saturated heterocycles. The SMILES string of the molecule is c1ccc(COc2ccc(Nc3ccccc3)c(OCc3ccccc3)n2)cc1. The lowest BCUT2D eigenvalue weighted by molar-refractivity contribution is 0.269. The van der Waals surface area contributed by atoms with E-state index < -0.39 is 0 Å². The molecule has 4 aromatic rings. The third-order valence-corrected chi connectivity index (χ3v) is 4.34.